The van der Waals surface area contributed by atoms with Crippen LogP contribution in [0.1, 0.15) is 35.1 Å². The van der Waals surface area contributed by atoms with Crippen molar-refractivity contribution in [3.63, 3.8) is 0 Å². The molecule has 1 saturated carbocycles. The zero-order valence-electron chi connectivity index (χ0n) is 12.7. The van der Waals surface area contributed by atoms with E-state index in [1.54, 1.807) is 6.33 Å². The summed E-state index contributed by atoms with van der Waals surface area (Å²) in [5.41, 5.74) is 0.156. The van der Waals surface area contributed by atoms with Crippen molar-refractivity contribution in [3.8, 4) is 0 Å². The van der Waals surface area contributed by atoms with Gasteiger partial charge >= 0.3 is 0 Å². The third kappa shape index (κ3) is 3.37. The Morgan fingerprint density at radius 2 is 2.30 bits per heavy atom. The van der Waals surface area contributed by atoms with Crippen LogP contribution >= 0.6 is 0 Å². The van der Waals surface area contributed by atoms with E-state index in [1.165, 1.54) is 12.1 Å². The highest BCUT2D eigenvalue weighted by Crippen LogP contribution is 2.37. The number of nitrogens with zero attached hydrogens (tertiary/aromatic N) is 4. The van der Waals surface area contributed by atoms with Gasteiger partial charge < -0.3 is 15.0 Å². The number of aliphatic hydroxyl groups excluding tert-OH is 1. The molecule has 0 aromatic carbocycles. The van der Waals surface area contributed by atoms with Crippen LogP contribution in [0.2, 0.25) is 0 Å². The number of amides is 1. The molecule has 0 radical (unpaired) electrons. The van der Waals surface area contributed by atoms with Crippen LogP contribution in [0.3, 0.4) is 0 Å². The zero-order chi connectivity index (χ0) is 16.4. The SMILES string of the molecule is Cn1cnnc1[C@H]1C[C@H](CNC(=O)c2ccc(F)cn2)[C@H](O)C1. The summed E-state index contributed by atoms with van der Waals surface area (Å²) in [5.74, 6) is 0.0566. The predicted molar refractivity (Wildman–Crippen MR) is 79.0 cm³/mol. The van der Waals surface area contributed by atoms with Gasteiger partial charge in [0.1, 0.15) is 23.7 Å². The molecule has 2 aromatic heterocycles. The zero-order valence-corrected chi connectivity index (χ0v) is 12.7. The molecule has 3 atom stereocenters. The van der Waals surface area contributed by atoms with E-state index in [0.29, 0.717) is 13.0 Å². The van der Waals surface area contributed by atoms with Crippen LogP contribution in [-0.4, -0.2) is 43.4 Å². The Balaban J connectivity index is 1.57. The highest BCUT2D eigenvalue weighted by atomic mass is 19.1. The average molecular weight is 319 g/mol. The lowest BCUT2D eigenvalue weighted by Gasteiger charge is -2.14. The number of hydrogen-bond acceptors (Lipinski definition) is 5. The molecule has 7 nitrogen and oxygen atoms in total. The van der Waals surface area contributed by atoms with Gasteiger partial charge in [0.15, 0.2) is 0 Å². The summed E-state index contributed by atoms with van der Waals surface area (Å²) >= 11 is 0. The summed E-state index contributed by atoms with van der Waals surface area (Å²) in [7, 11) is 1.87. The first-order chi connectivity index (χ1) is 11.0. The summed E-state index contributed by atoms with van der Waals surface area (Å²) < 4.78 is 14.7. The third-order valence-corrected chi connectivity index (χ3v) is 4.25. The van der Waals surface area contributed by atoms with Crippen molar-refractivity contribution in [2.24, 2.45) is 13.0 Å². The van der Waals surface area contributed by atoms with Gasteiger partial charge in [-0.05, 0) is 25.0 Å². The Morgan fingerprint density at radius 1 is 1.48 bits per heavy atom. The van der Waals surface area contributed by atoms with Crippen molar-refractivity contribution in [3.05, 3.63) is 42.0 Å². The first-order valence-corrected chi connectivity index (χ1v) is 7.46. The molecule has 8 heteroatoms. The summed E-state index contributed by atoms with van der Waals surface area (Å²) in [6.07, 6.45) is 3.46. The molecule has 0 bridgehead atoms. The number of rotatable bonds is 4. The second-order valence-corrected chi connectivity index (χ2v) is 5.87. The van der Waals surface area contributed by atoms with E-state index in [9.17, 15) is 14.3 Å². The Morgan fingerprint density at radius 3 is 2.96 bits per heavy atom. The van der Waals surface area contributed by atoms with Crippen molar-refractivity contribution < 1.29 is 14.3 Å². The number of aromatic nitrogens is 4. The molecule has 23 heavy (non-hydrogen) atoms. The van der Waals surface area contributed by atoms with Gasteiger partial charge in [0.2, 0.25) is 0 Å². The molecule has 1 fully saturated rings. The fraction of sp³-hybridized carbons (Fsp3) is 0.467. The Labute approximate surface area is 132 Å². The molecule has 1 aliphatic rings. The number of nitrogens with one attached hydrogen (secondary N) is 1. The molecular weight excluding hydrogens is 301 g/mol. The van der Waals surface area contributed by atoms with Crippen LogP contribution in [0.25, 0.3) is 0 Å². The van der Waals surface area contributed by atoms with Gasteiger partial charge in [0.05, 0.1) is 12.3 Å². The summed E-state index contributed by atoms with van der Waals surface area (Å²) in [4.78, 5) is 15.7. The highest BCUT2D eigenvalue weighted by molar-refractivity contribution is 5.92. The van der Waals surface area contributed by atoms with Crippen LogP contribution in [0.15, 0.2) is 24.7 Å². The van der Waals surface area contributed by atoms with Crippen molar-refractivity contribution in [1.29, 1.82) is 0 Å². The Bertz CT molecular complexity index is 687. The van der Waals surface area contributed by atoms with Gasteiger partial charge in [-0.15, -0.1) is 10.2 Å². The van der Waals surface area contributed by atoms with E-state index in [1.807, 2.05) is 11.6 Å². The normalized spacial score (nSPS) is 23.9. The van der Waals surface area contributed by atoms with Crippen molar-refractivity contribution in [2.75, 3.05) is 6.54 Å². The number of carbonyl (C=O) groups excluding carboxylic acids is 1. The smallest absolute Gasteiger partial charge is 0.269 e. The summed E-state index contributed by atoms with van der Waals surface area (Å²) in [5, 5.41) is 20.9. The number of aryl methyl sites for hydroxylation is 1. The van der Waals surface area contributed by atoms with E-state index < -0.39 is 11.9 Å². The van der Waals surface area contributed by atoms with Crippen LogP contribution in [0, 0.1) is 11.7 Å². The third-order valence-electron chi connectivity index (χ3n) is 4.25. The minimum atomic E-state index is -0.502. The highest BCUT2D eigenvalue weighted by Gasteiger charge is 2.36. The maximum absolute atomic E-state index is 12.8. The standard InChI is InChI=1S/C15H18FN5O2/c1-21-8-19-20-14(21)9-4-10(13(22)5-9)6-18-15(23)12-3-2-11(16)7-17-12/h2-3,7-10,13,22H,4-6H2,1H3,(H,18,23)/t9-,10+,13+/m0/s1. The van der Waals surface area contributed by atoms with Crippen LogP contribution in [0.4, 0.5) is 4.39 Å². The van der Waals surface area contributed by atoms with Crippen LogP contribution < -0.4 is 5.32 Å². The quantitative estimate of drug-likeness (QED) is 0.862. The van der Waals surface area contributed by atoms with Gasteiger partial charge in [-0.1, -0.05) is 0 Å². The minimum Gasteiger partial charge on any atom is -0.393 e. The van der Waals surface area contributed by atoms with Crippen molar-refractivity contribution >= 4 is 5.91 Å². The lowest BCUT2D eigenvalue weighted by molar-refractivity contribution is 0.0912. The van der Waals surface area contributed by atoms with E-state index >= 15 is 0 Å². The van der Waals surface area contributed by atoms with Crippen molar-refractivity contribution in [2.45, 2.75) is 24.9 Å². The van der Waals surface area contributed by atoms with E-state index in [2.05, 4.69) is 20.5 Å². The second-order valence-electron chi connectivity index (χ2n) is 5.87. The first kappa shape index (κ1) is 15.5. The molecule has 0 unspecified atom stereocenters. The van der Waals surface area contributed by atoms with Gasteiger partial charge in [-0.2, -0.15) is 0 Å². The van der Waals surface area contributed by atoms with Crippen molar-refractivity contribution in [1.82, 2.24) is 25.1 Å². The maximum Gasteiger partial charge on any atom is 0.269 e. The molecule has 1 aliphatic carbocycles. The van der Waals surface area contributed by atoms with Crippen LogP contribution in [-0.2, 0) is 7.05 Å². The number of halogens is 1. The fourth-order valence-electron chi connectivity index (χ4n) is 3.02. The topological polar surface area (TPSA) is 92.9 Å². The Hall–Kier alpha value is -2.35. The first-order valence-electron chi connectivity index (χ1n) is 7.46. The number of pyridine rings is 1. The minimum absolute atomic E-state index is 0.0545. The molecular formula is C15H18FN5O2. The molecule has 0 aliphatic heterocycles. The molecule has 0 saturated heterocycles. The second kappa shape index (κ2) is 6.41. The Kier molecular flexibility index (Phi) is 4.33. The molecule has 0 spiro atoms. The predicted octanol–water partition coefficient (Wildman–Crippen LogP) is 0.634. The largest absolute Gasteiger partial charge is 0.393 e. The molecule has 2 aromatic rings. The molecule has 2 N–H and O–H groups in total. The van der Waals surface area contributed by atoms with Gasteiger partial charge in [-0.3, -0.25) is 4.79 Å². The van der Waals surface area contributed by atoms with E-state index in [4.69, 9.17) is 0 Å². The van der Waals surface area contributed by atoms with Gasteiger partial charge in [0.25, 0.3) is 5.91 Å². The molecule has 3 rings (SSSR count). The van der Waals surface area contributed by atoms with E-state index in [0.717, 1.165) is 18.4 Å². The summed E-state index contributed by atoms with van der Waals surface area (Å²) in [6.45, 7) is 0.341. The lowest BCUT2D eigenvalue weighted by atomic mass is 10.0. The number of hydrogen-bond donors (Lipinski definition) is 2. The van der Waals surface area contributed by atoms with Gasteiger partial charge in [-0.25, -0.2) is 9.37 Å². The molecule has 1 amide bonds. The van der Waals surface area contributed by atoms with Gasteiger partial charge in [0, 0.05) is 25.4 Å². The fourth-order valence-corrected chi connectivity index (χ4v) is 3.02. The molecule has 122 valence electrons. The lowest BCUT2D eigenvalue weighted by Crippen LogP contribution is -2.32. The summed E-state index contributed by atoms with van der Waals surface area (Å²) in [6, 6.07) is 2.52. The number of carbonyl (C=O) groups is 1. The van der Waals surface area contributed by atoms with Crippen LogP contribution in [0.5, 0.6) is 0 Å². The monoisotopic (exact) mass is 319 g/mol. The number of aliphatic hydroxyl groups is 1. The average Bonchev–Trinajstić information content (AvgIpc) is 3.11. The maximum atomic E-state index is 12.8. The van der Waals surface area contributed by atoms with E-state index in [-0.39, 0.29) is 23.4 Å². The molecule has 2 heterocycles.